The molecule has 10 rings (SSSR count). The molecule has 314 valence electrons. The lowest BCUT2D eigenvalue weighted by atomic mass is 9.90. The van der Waals surface area contributed by atoms with E-state index in [1.165, 1.54) is 12.1 Å². The van der Waals surface area contributed by atoms with Crippen LogP contribution in [-0.4, -0.2) is 9.13 Å². The number of halogens is 6. The summed E-state index contributed by atoms with van der Waals surface area (Å²) in [4.78, 5) is 0. The van der Waals surface area contributed by atoms with Gasteiger partial charge in [0.25, 0.3) is 0 Å². The fourth-order valence-electron chi connectivity index (χ4n) is 9.71. The highest BCUT2D eigenvalue weighted by atomic mass is 19.4. The fourth-order valence-corrected chi connectivity index (χ4v) is 9.71. The number of benzene rings is 8. The first-order valence-electron chi connectivity index (χ1n) is 20.7. The van der Waals surface area contributed by atoms with E-state index in [0.717, 1.165) is 61.3 Å². The maximum atomic E-state index is 15.2. The van der Waals surface area contributed by atoms with Crippen molar-refractivity contribution in [2.45, 2.75) is 40.0 Å². The lowest BCUT2D eigenvalue weighted by Crippen LogP contribution is -2.16. The predicted molar refractivity (Wildman–Crippen MR) is 245 cm³/mol. The van der Waals surface area contributed by atoms with Gasteiger partial charge < -0.3 is 9.13 Å². The van der Waals surface area contributed by atoms with Crippen LogP contribution in [0.2, 0.25) is 0 Å². The lowest BCUT2D eigenvalue weighted by Gasteiger charge is -2.24. The molecule has 3 nitrogen and oxygen atoms in total. The summed E-state index contributed by atoms with van der Waals surface area (Å²) in [5, 5.41) is 14.7. The van der Waals surface area contributed by atoms with E-state index in [4.69, 9.17) is 0 Å². The minimum atomic E-state index is -5.19. The summed E-state index contributed by atoms with van der Waals surface area (Å²) in [7, 11) is 0. The van der Waals surface area contributed by atoms with E-state index in [1.54, 1.807) is 16.7 Å². The Labute approximate surface area is 364 Å². The Morgan fingerprint density at radius 2 is 0.859 bits per heavy atom. The van der Waals surface area contributed by atoms with E-state index >= 15 is 26.3 Å². The molecule has 0 aliphatic carbocycles. The van der Waals surface area contributed by atoms with Gasteiger partial charge in [-0.25, -0.2) is 0 Å². The number of aryl methyl sites for hydroxylation is 4. The molecule has 0 aliphatic heterocycles. The molecule has 0 atom stereocenters. The van der Waals surface area contributed by atoms with Crippen LogP contribution in [0.5, 0.6) is 0 Å². The number of nitrogens with zero attached hydrogens (tertiary/aromatic N) is 3. The van der Waals surface area contributed by atoms with Gasteiger partial charge >= 0.3 is 12.4 Å². The zero-order valence-corrected chi connectivity index (χ0v) is 35.0. The highest BCUT2D eigenvalue weighted by Crippen LogP contribution is 2.49. The summed E-state index contributed by atoms with van der Waals surface area (Å²) in [6.07, 6.45) is -10.4. The van der Waals surface area contributed by atoms with E-state index in [0.29, 0.717) is 50.7 Å². The number of aromatic nitrogens is 2. The Kier molecular flexibility index (Phi) is 9.35. The molecule has 2 aromatic heterocycles. The second-order valence-electron chi connectivity index (χ2n) is 16.6. The van der Waals surface area contributed by atoms with Crippen molar-refractivity contribution in [1.29, 1.82) is 5.26 Å². The van der Waals surface area contributed by atoms with E-state index in [9.17, 15) is 5.26 Å². The molecule has 0 bridgehead atoms. The fraction of sp³-hybridized carbons (Fsp3) is 0.109. The third-order valence-electron chi connectivity index (χ3n) is 12.1. The molecule has 0 saturated carbocycles. The number of nitriles is 1. The third-order valence-corrected chi connectivity index (χ3v) is 12.1. The molecular weight excluding hydrogens is 817 g/mol. The second-order valence-corrected chi connectivity index (χ2v) is 16.6. The lowest BCUT2D eigenvalue weighted by molar-refractivity contribution is -0.142. The molecule has 64 heavy (non-hydrogen) atoms. The zero-order chi connectivity index (χ0) is 44.8. The zero-order valence-electron chi connectivity index (χ0n) is 35.0. The summed E-state index contributed by atoms with van der Waals surface area (Å²) >= 11 is 0. The number of hydrogen-bond donors (Lipinski definition) is 0. The van der Waals surface area contributed by atoms with Crippen LogP contribution < -0.4 is 0 Å². The Balaban J connectivity index is 1.39. The standard InChI is InChI=1S/C55H37F6N3/c1-31-22-32(2)25-37(24-31)35-16-18-41-39-10-5-7-14-47(39)63(50(41)28-35)49-21-20-43(52-45(54(56,57)58)12-9-13-46(52)55(59,60)61)53(44(49)30-62)64-48-15-8-6-11-40(48)42-19-17-36(29-51(42)64)38-26-33(3)23-34(4)27-38/h5-29H,1-4H3. The van der Waals surface area contributed by atoms with Crippen molar-refractivity contribution in [3.05, 3.63) is 191 Å². The van der Waals surface area contributed by atoms with Gasteiger partial charge in [0.15, 0.2) is 0 Å². The van der Waals surface area contributed by atoms with Crippen LogP contribution in [0.3, 0.4) is 0 Å². The van der Waals surface area contributed by atoms with Gasteiger partial charge in [-0.2, -0.15) is 31.6 Å². The first kappa shape index (κ1) is 40.5. The molecule has 0 saturated heterocycles. The first-order valence-corrected chi connectivity index (χ1v) is 20.7. The predicted octanol–water partition coefficient (Wildman–Crippen LogP) is 16.0. The maximum Gasteiger partial charge on any atom is 0.417 e. The molecule has 2 heterocycles. The van der Waals surface area contributed by atoms with E-state index < -0.39 is 34.6 Å². The number of rotatable bonds is 5. The normalized spacial score (nSPS) is 12.2. The van der Waals surface area contributed by atoms with Gasteiger partial charge in [0, 0.05) is 32.7 Å². The van der Waals surface area contributed by atoms with Gasteiger partial charge in [0.2, 0.25) is 0 Å². The summed E-state index contributed by atoms with van der Waals surface area (Å²) in [5.41, 5.74) is 5.84. The van der Waals surface area contributed by atoms with Crippen molar-refractivity contribution < 1.29 is 26.3 Å². The van der Waals surface area contributed by atoms with E-state index in [-0.39, 0.29) is 11.3 Å². The Morgan fingerprint density at radius 1 is 0.422 bits per heavy atom. The van der Waals surface area contributed by atoms with Crippen molar-refractivity contribution >= 4 is 43.6 Å². The smallest absolute Gasteiger partial charge is 0.308 e. The molecule has 0 radical (unpaired) electrons. The average Bonchev–Trinajstić information content (AvgIpc) is 3.76. The monoisotopic (exact) mass is 853 g/mol. The molecule has 9 heteroatoms. The minimum Gasteiger partial charge on any atom is -0.308 e. The third kappa shape index (κ3) is 6.60. The van der Waals surface area contributed by atoms with Crippen LogP contribution in [0.1, 0.15) is 38.9 Å². The Morgan fingerprint density at radius 3 is 1.33 bits per heavy atom. The first-order chi connectivity index (χ1) is 30.6. The number of para-hydroxylation sites is 2. The SMILES string of the molecule is Cc1cc(C)cc(-c2ccc3c4ccccc4n(-c4ccc(-c5c(C(F)(F)F)cccc5C(F)(F)F)c(-n5c6ccccc6c6ccc(-c7cc(C)cc(C)c7)cc65)c4C#N)c3c2)c1. The summed E-state index contributed by atoms with van der Waals surface area (Å²) in [6.45, 7) is 8.02. The molecule has 0 amide bonds. The highest BCUT2D eigenvalue weighted by Gasteiger charge is 2.42. The van der Waals surface area contributed by atoms with E-state index in [1.807, 2.05) is 123 Å². The summed E-state index contributed by atoms with van der Waals surface area (Å²) in [5.74, 6) is 0. The second kappa shape index (κ2) is 14.8. The summed E-state index contributed by atoms with van der Waals surface area (Å²) in [6, 6.07) is 46.3. The van der Waals surface area contributed by atoms with Crippen LogP contribution in [0.15, 0.2) is 152 Å². The Hall–Kier alpha value is -7.57. The van der Waals surface area contributed by atoms with Gasteiger partial charge in [-0.1, -0.05) is 131 Å². The molecular formula is C55H37F6N3. The minimum absolute atomic E-state index is 0.109. The van der Waals surface area contributed by atoms with Crippen molar-refractivity contribution in [2.24, 2.45) is 0 Å². The van der Waals surface area contributed by atoms with Gasteiger partial charge in [-0.15, -0.1) is 0 Å². The highest BCUT2D eigenvalue weighted by molar-refractivity contribution is 6.13. The summed E-state index contributed by atoms with van der Waals surface area (Å²) < 4.78 is 94.8. The molecule has 0 N–H and O–H groups in total. The molecule has 0 fully saturated rings. The van der Waals surface area contributed by atoms with Crippen LogP contribution in [0.25, 0.3) is 88.4 Å². The van der Waals surface area contributed by atoms with Crippen molar-refractivity contribution in [3.63, 3.8) is 0 Å². The quantitative estimate of drug-likeness (QED) is 0.159. The molecule has 0 aliphatic rings. The molecule has 0 spiro atoms. The maximum absolute atomic E-state index is 15.2. The van der Waals surface area contributed by atoms with Gasteiger partial charge in [0.1, 0.15) is 11.6 Å². The molecule has 10 aromatic rings. The largest absolute Gasteiger partial charge is 0.417 e. The van der Waals surface area contributed by atoms with Crippen molar-refractivity contribution in [3.8, 4) is 50.8 Å². The number of alkyl halides is 6. The van der Waals surface area contributed by atoms with Crippen molar-refractivity contribution in [1.82, 2.24) is 9.13 Å². The molecule has 8 aromatic carbocycles. The molecule has 0 unspecified atom stereocenters. The van der Waals surface area contributed by atoms with Crippen LogP contribution in [0.4, 0.5) is 26.3 Å². The van der Waals surface area contributed by atoms with Crippen molar-refractivity contribution in [2.75, 3.05) is 0 Å². The number of hydrogen-bond acceptors (Lipinski definition) is 1. The van der Waals surface area contributed by atoms with Gasteiger partial charge in [0.05, 0.1) is 44.6 Å². The van der Waals surface area contributed by atoms with E-state index in [2.05, 4.69) is 24.3 Å². The number of fused-ring (bicyclic) bond motifs is 6. The topological polar surface area (TPSA) is 33.6 Å². The average molecular weight is 854 g/mol. The van der Waals surface area contributed by atoms with Crippen LogP contribution >= 0.6 is 0 Å². The van der Waals surface area contributed by atoms with Gasteiger partial charge in [-0.3, -0.25) is 0 Å². The Bertz CT molecular complexity index is 3520. The van der Waals surface area contributed by atoms with Crippen LogP contribution in [0, 0.1) is 39.0 Å². The van der Waals surface area contributed by atoms with Crippen LogP contribution in [-0.2, 0) is 12.4 Å². The van der Waals surface area contributed by atoms with Gasteiger partial charge in [-0.05, 0) is 92.4 Å².